The molecule has 0 saturated heterocycles. The van der Waals surface area contributed by atoms with Gasteiger partial charge in [-0.25, -0.2) is 9.37 Å². The summed E-state index contributed by atoms with van der Waals surface area (Å²) in [6, 6.07) is 4.69. The molecule has 2 rings (SSSR count). The molecule has 0 amide bonds. The van der Waals surface area contributed by atoms with Gasteiger partial charge in [-0.3, -0.25) is 0 Å². The van der Waals surface area contributed by atoms with Crippen molar-refractivity contribution in [2.24, 2.45) is 0 Å². The lowest BCUT2D eigenvalue weighted by molar-refractivity contribution is 0.575. The van der Waals surface area contributed by atoms with Gasteiger partial charge in [0.05, 0.1) is 10.7 Å². The maximum atomic E-state index is 13.1. The molecule has 1 unspecified atom stereocenters. The Kier molecular flexibility index (Phi) is 5.13. The smallest absolute Gasteiger partial charge is 0.125 e. The van der Waals surface area contributed by atoms with Crippen molar-refractivity contribution in [1.82, 2.24) is 10.3 Å². The molecule has 0 saturated carbocycles. The van der Waals surface area contributed by atoms with Crippen LogP contribution in [0, 0.1) is 12.7 Å². The van der Waals surface area contributed by atoms with Gasteiger partial charge in [-0.1, -0.05) is 18.5 Å². The largest absolute Gasteiger partial charge is 0.309 e. The summed E-state index contributed by atoms with van der Waals surface area (Å²) in [5, 5.41) is 4.70. The highest BCUT2D eigenvalue weighted by Crippen LogP contribution is 2.35. The molecular formula is C15H18ClFN2S. The van der Waals surface area contributed by atoms with E-state index in [1.165, 1.54) is 17.0 Å². The number of hydrogen-bond donors (Lipinski definition) is 1. The highest BCUT2D eigenvalue weighted by Gasteiger charge is 2.16. The van der Waals surface area contributed by atoms with Crippen molar-refractivity contribution in [3.8, 4) is 10.6 Å². The molecule has 1 atom stereocenters. The number of aryl methyl sites for hydroxylation is 1. The van der Waals surface area contributed by atoms with Crippen LogP contribution in [0.4, 0.5) is 4.39 Å². The van der Waals surface area contributed by atoms with E-state index >= 15 is 0 Å². The normalized spacial score (nSPS) is 12.7. The summed E-state index contributed by atoms with van der Waals surface area (Å²) in [6.45, 7) is 7.25. The highest BCUT2D eigenvalue weighted by atomic mass is 35.5. The molecule has 0 spiro atoms. The lowest BCUT2D eigenvalue weighted by Gasteiger charge is -2.11. The van der Waals surface area contributed by atoms with Gasteiger partial charge in [0.25, 0.3) is 0 Å². The third-order valence-electron chi connectivity index (χ3n) is 3.09. The molecular weight excluding hydrogens is 295 g/mol. The second-order valence-corrected chi connectivity index (χ2v) is 6.21. The van der Waals surface area contributed by atoms with E-state index < -0.39 is 0 Å². The monoisotopic (exact) mass is 312 g/mol. The third kappa shape index (κ3) is 3.37. The first-order chi connectivity index (χ1) is 9.52. The molecule has 108 valence electrons. The Hall–Kier alpha value is -0.970. The number of halogens is 2. The van der Waals surface area contributed by atoms with E-state index in [0.717, 1.165) is 29.2 Å². The van der Waals surface area contributed by atoms with Gasteiger partial charge in [0, 0.05) is 16.5 Å². The molecule has 0 aliphatic rings. The number of aromatic nitrogens is 1. The maximum Gasteiger partial charge on any atom is 0.125 e. The Morgan fingerprint density at radius 1 is 1.45 bits per heavy atom. The van der Waals surface area contributed by atoms with Gasteiger partial charge in [-0.2, -0.15) is 0 Å². The molecule has 1 heterocycles. The SMILES string of the molecule is CCCNC(C)c1sc(-c2ccc(F)cc2Cl)nc1C. The van der Waals surface area contributed by atoms with Crippen molar-refractivity contribution >= 4 is 22.9 Å². The zero-order valence-corrected chi connectivity index (χ0v) is 13.4. The van der Waals surface area contributed by atoms with Crippen LogP contribution in [0.1, 0.15) is 36.9 Å². The molecule has 0 radical (unpaired) electrons. The Balaban J connectivity index is 2.30. The lowest BCUT2D eigenvalue weighted by atomic mass is 10.2. The minimum Gasteiger partial charge on any atom is -0.309 e. The Bertz CT molecular complexity index is 598. The van der Waals surface area contributed by atoms with Crippen molar-refractivity contribution in [1.29, 1.82) is 0 Å². The van der Waals surface area contributed by atoms with Crippen molar-refractivity contribution < 1.29 is 4.39 Å². The Morgan fingerprint density at radius 3 is 2.85 bits per heavy atom. The Labute approximate surface area is 128 Å². The van der Waals surface area contributed by atoms with Gasteiger partial charge < -0.3 is 5.32 Å². The van der Waals surface area contributed by atoms with Crippen molar-refractivity contribution in [3.05, 3.63) is 39.6 Å². The number of hydrogen-bond acceptors (Lipinski definition) is 3. The number of thiazole rings is 1. The van der Waals surface area contributed by atoms with Crippen LogP contribution >= 0.6 is 22.9 Å². The first-order valence-electron chi connectivity index (χ1n) is 6.69. The van der Waals surface area contributed by atoms with E-state index in [1.54, 1.807) is 17.4 Å². The van der Waals surface area contributed by atoms with E-state index in [0.29, 0.717) is 5.02 Å². The number of benzene rings is 1. The van der Waals surface area contributed by atoms with Gasteiger partial charge in [-0.15, -0.1) is 11.3 Å². The van der Waals surface area contributed by atoms with Crippen molar-refractivity contribution in [2.75, 3.05) is 6.54 Å². The summed E-state index contributed by atoms with van der Waals surface area (Å²) in [7, 11) is 0. The molecule has 0 bridgehead atoms. The molecule has 0 aliphatic carbocycles. The quantitative estimate of drug-likeness (QED) is 0.843. The Morgan fingerprint density at radius 2 is 2.20 bits per heavy atom. The van der Waals surface area contributed by atoms with Gasteiger partial charge in [0.1, 0.15) is 10.8 Å². The summed E-state index contributed by atoms with van der Waals surface area (Å²) in [4.78, 5) is 5.77. The van der Waals surface area contributed by atoms with Crippen LogP contribution < -0.4 is 5.32 Å². The molecule has 0 fully saturated rings. The van der Waals surface area contributed by atoms with Gasteiger partial charge in [0.15, 0.2) is 0 Å². The van der Waals surface area contributed by atoms with E-state index in [-0.39, 0.29) is 11.9 Å². The van der Waals surface area contributed by atoms with Gasteiger partial charge in [-0.05, 0) is 45.0 Å². The topological polar surface area (TPSA) is 24.9 Å². The zero-order chi connectivity index (χ0) is 14.7. The molecule has 2 nitrogen and oxygen atoms in total. The number of nitrogens with one attached hydrogen (secondary N) is 1. The van der Waals surface area contributed by atoms with E-state index in [9.17, 15) is 4.39 Å². The molecule has 0 aliphatic heterocycles. The molecule has 1 aromatic heterocycles. The maximum absolute atomic E-state index is 13.1. The average molecular weight is 313 g/mol. The predicted octanol–water partition coefficient (Wildman–Crippen LogP) is 4.97. The van der Waals surface area contributed by atoms with Crippen LogP contribution in [0.2, 0.25) is 5.02 Å². The number of nitrogens with zero attached hydrogens (tertiary/aromatic N) is 1. The van der Waals surface area contributed by atoms with E-state index in [2.05, 4.69) is 24.1 Å². The van der Waals surface area contributed by atoms with Gasteiger partial charge in [0.2, 0.25) is 0 Å². The molecule has 5 heteroatoms. The summed E-state index contributed by atoms with van der Waals surface area (Å²) >= 11 is 7.71. The summed E-state index contributed by atoms with van der Waals surface area (Å²) in [5.74, 6) is -0.328. The van der Waals surface area contributed by atoms with E-state index in [4.69, 9.17) is 11.6 Å². The fourth-order valence-corrected chi connectivity index (χ4v) is 3.49. The molecule has 2 aromatic rings. The van der Waals surface area contributed by atoms with Crippen LogP contribution in [0.15, 0.2) is 18.2 Å². The van der Waals surface area contributed by atoms with Crippen LogP contribution in [0.3, 0.4) is 0 Å². The minimum absolute atomic E-state index is 0.264. The number of rotatable bonds is 5. The summed E-state index contributed by atoms with van der Waals surface area (Å²) < 4.78 is 13.1. The van der Waals surface area contributed by atoms with Crippen LogP contribution in [-0.2, 0) is 0 Å². The predicted molar refractivity (Wildman–Crippen MR) is 84.0 cm³/mol. The van der Waals surface area contributed by atoms with Crippen LogP contribution in [-0.4, -0.2) is 11.5 Å². The lowest BCUT2D eigenvalue weighted by Crippen LogP contribution is -2.18. The third-order valence-corrected chi connectivity index (χ3v) is 4.77. The standard InChI is InChI=1S/C15H18ClFN2S/c1-4-7-18-9(2)14-10(3)19-15(20-14)12-6-5-11(17)8-13(12)16/h5-6,8-9,18H,4,7H2,1-3H3. The van der Waals surface area contributed by atoms with Crippen molar-refractivity contribution in [3.63, 3.8) is 0 Å². The van der Waals surface area contributed by atoms with Crippen LogP contribution in [0.5, 0.6) is 0 Å². The summed E-state index contributed by atoms with van der Waals surface area (Å²) in [6.07, 6.45) is 1.10. The first kappa shape index (κ1) is 15.4. The van der Waals surface area contributed by atoms with E-state index in [1.807, 2.05) is 6.92 Å². The van der Waals surface area contributed by atoms with Crippen molar-refractivity contribution in [2.45, 2.75) is 33.2 Å². The highest BCUT2D eigenvalue weighted by molar-refractivity contribution is 7.15. The zero-order valence-electron chi connectivity index (χ0n) is 11.8. The second-order valence-electron chi connectivity index (χ2n) is 4.77. The molecule has 20 heavy (non-hydrogen) atoms. The second kappa shape index (κ2) is 6.66. The fraction of sp³-hybridized carbons (Fsp3) is 0.400. The average Bonchev–Trinajstić information content (AvgIpc) is 2.78. The van der Waals surface area contributed by atoms with Gasteiger partial charge >= 0.3 is 0 Å². The van der Waals surface area contributed by atoms with Crippen LogP contribution in [0.25, 0.3) is 10.6 Å². The molecule has 1 aromatic carbocycles. The summed E-state index contributed by atoms with van der Waals surface area (Å²) in [5.41, 5.74) is 1.79. The first-order valence-corrected chi connectivity index (χ1v) is 7.88. The minimum atomic E-state index is -0.328. The fourth-order valence-electron chi connectivity index (χ4n) is 2.04. The molecule has 1 N–H and O–H groups in total.